The Labute approximate surface area is 108 Å². The van der Waals surface area contributed by atoms with Crippen molar-refractivity contribution >= 4 is 16.5 Å². The molecule has 0 spiro atoms. The van der Waals surface area contributed by atoms with E-state index in [1.807, 2.05) is 18.4 Å². The van der Waals surface area contributed by atoms with Crippen LogP contribution < -0.4 is 10.2 Å². The molecule has 1 heterocycles. The number of hydrogen-bond donors (Lipinski definition) is 1. The molecule has 2 rings (SSSR count). The van der Waals surface area contributed by atoms with E-state index < -0.39 is 0 Å². The molecular formula is C13H23N3S. The smallest absolute Gasteiger partial charge is 0.186 e. The summed E-state index contributed by atoms with van der Waals surface area (Å²) in [6, 6.07) is 0.755. The van der Waals surface area contributed by atoms with Crippen LogP contribution >= 0.6 is 11.3 Å². The van der Waals surface area contributed by atoms with Crippen molar-refractivity contribution in [2.75, 3.05) is 18.5 Å². The molecule has 0 aliphatic heterocycles. The molecule has 0 atom stereocenters. The lowest BCUT2D eigenvalue weighted by Crippen LogP contribution is -2.29. The van der Waals surface area contributed by atoms with Gasteiger partial charge < -0.3 is 10.2 Å². The van der Waals surface area contributed by atoms with Crippen LogP contribution in [0.4, 0.5) is 5.13 Å². The van der Waals surface area contributed by atoms with E-state index in [0.717, 1.165) is 19.1 Å². The van der Waals surface area contributed by atoms with Gasteiger partial charge in [-0.3, -0.25) is 0 Å². The molecule has 96 valence electrons. The van der Waals surface area contributed by atoms with Crippen molar-refractivity contribution in [1.82, 2.24) is 10.3 Å². The summed E-state index contributed by atoms with van der Waals surface area (Å²) < 4.78 is 0. The first-order valence-corrected chi connectivity index (χ1v) is 7.31. The quantitative estimate of drug-likeness (QED) is 0.845. The summed E-state index contributed by atoms with van der Waals surface area (Å²) >= 11 is 1.85. The molecule has 17 heavy (non-hydrogen) atoms. The summed E-state index contributed by atoms with van der Waals surface area (Å²) in [6.07, 6.45) is 2.68. The molecule has 3 nitrogen and oxygen atoms in total. The van der Waals surface area contributed by atoms with E-state index in [1.54, 1.807) is 0 Å². The van der Waals surface area contributed by atoms with Gasteiger partial charge in [0.25, 0.3) is 0 Å². The third kappa shape index (κ3) is 3.19. The number of aryl methyl sites for hydroxylation is 1. The Morgan fingerprint density at radius 2 is 2.18 bits per heavy atom. The van der Waals surface area contributed by atoms with Crippen molar-refractivity contribution < 1.29 is 0 Å². The van der Waals surface area contributed by atoms with Gasteiger partial charge in [0.15, 0.2) is 5.13 Å². The Balaban J connectivity index is 2.14. The minimum atomic E-state index is 0.701. The molecule has 1 aromatic rings. The lowest BCUT2D eigenvalue weighted by molar-refractivity contribution is 0.606. The van der Waals surface area contributed by atoms with Crippen LogP contribution in [0.2, 0.25) is 0 Å². The molecule has 0 unspecified atom stereocenters. The minimum absolute atomic E-state index is 0.701. The van der Waals surface area contributed by atoms with Gasteiger partial charge in [-0.15, -0.1) is 11.3 Å². The van der Waals surface area contributed by atoms with Crippen LogP contribution in [-0.4, -0.2) is 24.6 Å². The molecular weight excluding hydrogens is 230 g/mol. The highest BCUT2D eigenvalue weighted by Crippen LogP contribution is 2.35. The zero-order chi connectivity index (χ0) is 12.4. The monoisotopic (exact) mass is 253 g/mol. The van der Waals surface area contributed by atoms with Crippen LogP contribution in [0.15, 0.2) is 0 Å². The van der Waals surface area contributed by atoms with E-state index in [1.165, 1.54) is 28.5 Å². The Morgan fingerprint density at radius 1 is 1.47 bits per heavy atom. The average Bonchev–Trinajstić information content (AvgIpc) is 3.02. The molecule has 1 N–H and O–H groups in total. The summed E-state index contributed by atoms with van der Waals surface area (Å²) in [5.74, 6) is 0.701. The predicted molar refractivity (Wildman–Crippen MR) is 74.8 cm³/mol. The lowest BCUT2D eigenvalue weighted by Gasteiger charge is -2.23. The van der Waals surface area contributed by atoms with Gasteiger partial charge in [-0.1, -0.05) is 13.8 Å². The molecule has 1 aromatic heterocycles. The van der Waals surface area contributed by atoms with E-state index in [2.05, 4.69) is 31.0 Å². The van der Waals surface area contributed by atoms with Crippen LogP contribution in [0.5, 0.6) is 0 Å². The van der Waals surface area contributed by atoms with Gasteiger partial charge in [-0.2, -0.15) is 0 Å². The zero-order valence-corrected chi connectivity index (χ0v) is 12.1. The summed E-state index contributed by atoms with van der Waals surface area (Å²) in [7, 11) is 1.99. The first kappa shape index (κ1) is 12.8. The van der Waals surface area contributed by atoms with Crippen LogP contribution in [-0.2, 0) is 6.54 Å². The first-order valence-electron chi connectivity index (χ1n) is 6.49. The normalized spacial score (nSPS) is 15.6. The Kier molecular flexibility index (Phi) is 4.05. The van der Waals surface area contributed by atoms with Gasteiger partial charge in [0, 0.05) is 24.0 Å². The maximum absolute atomic E-state index is 4.75. The summed E-state index contributed by atoms with van der Waals surface area (Å²) in [6.45, 7) is 8.75. The second-order valence-corrected chi connectivity index (χ2v) is 6.37. The van der Waals surface area contributed by atoms with E-state index >= 15 is 0 Å². The maximum Gasteiger partial charge on any atom is 0.186 e. The van der Waals surface area contributed by atoms with Gasteiger partial charge in [-0.25, -0.2) is 4.98 Å². The molecule has 1 saturated carbocycles. The van der Waals surface area contributed by atoms with E-state index in [9.17, 15) is 0 Å². The fraction of sp³-hybridized carbons (Fsp3) is 0.769. The highest BCUT2D eigenvalue weighted by Gasteiger charge is 2.31. The predicted octanol–water partition coefficient (Wildman–Crippen LogP) is 2.80. The summed E-state index contributed by atoms with van der Waals surface area (Å²) in [5.41, 5.74) is 1.19. The van der Waals surface area contributed by atoms with E-state index in [4.69, 9.17) is 4.98 Å². The maximum atomic E-state index is 4.75. The molecule has 0 aromatic carbocycles. The Hall–Kier alpha value is -0.610. The SMILES string of the molecule is CNCc1sc(N(CC(C)C)C2CC2)nc1C. The third-order valence-electron chi connectivity index (χ3n) is 3.01. The van der Waals surface area contributed by atoms with Gasteiger partial charge in [0.05, 0.1) is 5.69 Å². The second kappa shape index (κ2) is 5.36. The van der Waals surface area contributed by atoms with Crippen molar-refractivity contribution in [3.05, 3.63) is 10.6 Å². The molecule has 1 aliphatic carbocycles. The van der Waals surface area contributed by atoms with Crippen LogP contribution in [0.25, 0.3) is 0 Å². The standard InChI is InChI=1S/C13H23N3S/c1-9(2)8-16(11-5-6-11)13-15-10(3)12(17-13)7-14-4/h9,11,14H,5-8H2,1-4H3. The van der Waals surface area contributed by atoms with Crippen LogP contribution in [0, 0.1) is 12.8 Å². The van der Waals surface area contributed by atoms with Crippen molar-refractivity contribution in [2.24, 2.45) is 5.92 Å². The molecule has 0 radical (unpaired) electrons. The molecule has 1 fully saturated rings. The lowest BCUT2D eigenvalue weighted by atomic mass is 10.2. The first-order chi connectivity index (χ1) is 8.11. The van der Waals surface area contributed by atoms with Gasteiger partial charge in [0.2, 0.25) is 0 Å². The van der Waals surface area contributed by atoms with Crippen LogP contribution in [0.3, 0.4) is 0 Å². The van der Waals surface area contributed by atoms with Crippen LogP contribution in [0.1, 0.15) is 37.3 Å². The second-order valence-electron chi connectivity index (χ2n) is 5.31. The molecule has 0 saturated heterocycles. The molecule has 4 heteroatoms. The molecule has 0 amide bonds. The largest absolute Gasteiger partial charge is 0.345 e. The number of aromatic nitrogens is 1. The molecule has 1 aliphatic rings. The number of nitrogens with one attached hydrogen (secondary N) is 1. The highest BCUT2D eigenvalue weighted by atomic mass is 32.1. The number of rotatable bonds is 6. The molecule has 0 bridgehead atoms. The number of hydrogen-bond acceptors (Lipinski definition) is 4. The summed E-state index contributed by atoms with van der Waals surface area (Å²) in [5, 5.41) is 4.44. The fourth-order valence-corrected chi connectivity index (χ4v) is 3.18. The Bertz CT molecular complexity index is 369. The fourth-order valence-electron chi connectivity index (χ4n) is 2.02. The minimum Gasteiger partial charge on any atom is -0.345 e. The van der Waals surface area contributed by atoms with Crippen molar-refractivity contribution in [3.63, 3.8) is 0 Å². The third-order valence-corrected chi connectivity index (χ3v) is 4.21. The summed E-state index contributed by atoms with van der Waals surface area (Å²) in [4.78, 5) is 8.64. The van der Waals surface area contributed by atoms with Crippen molar-refractivity contribution in [2.45, 2.75) is 46.2 Å². The van der Waals surface area contributed by atoms with Crippen molar-refractivity contribution in [3.8, 4) is 0 Å². The Morgan fingerprint density at radius 3 is 2.71 bits per heavy atom. The zero-order valence-electron chi connectivity index (χ0n) is 11.3. The van der Waals surface area contributed by atoms with Gasteiger partial charge >= 0.3 is 0 Å². The average molecular weight is 253 g/mol. The van der Waals surface area contributed by atoms with Crippen molar-refractivity contribution in [1.29, 1.82) is 0 Å². The highest BCUT2D eigenvalue weighted by molar-refractivity contribution is 7.15. The van der Waals surface area contributed by atoms with Gasteiger partial charge in [0.1, 0.15) is 0 Å². The van der Waals surface area contributed by atoms with Gasteiger partial charge in [-0.05, 0) is 32.7 Å². The van der Waals surface area contributed by atoms with E-state index in [-0.39, 0.29) is 0 Å². The van der Waals surface area contributed by atoms with E-state index in [0.29, 0.717) is 5.92 Å². The number of nitrogens with zero attached hydrogens (tertiary/aromatic N) is 2. The number of anilines is 1. The topological polar surface area (TPSA) is 28.2 Å². The number of thiazole rings is 1.